The summed E-state index contributed by atoms with van der Waals surface area (Å²) in [6.45, 7) is 5.85. The van der Waals surface area contributed by atoms with Crippen molar-refractivity contribution in [3.63, 3.8) is 0 Å². The van der Waals surface area contributed by atoms with Gasteiger partial charge < -0.3 is 20.1 Å². The van der Waals surface area contributed by atoms with Crippen LogP contribution in [-0.4, -0.2) is 55.2 Å². The average molecular weight is 464 g/mol. The summed E-state index contributed by atoms with van der Waals surface area (Å²) in [5.74, 6) is 0.0932. The van der Waals surface area contributed by atoms with Crippen molar-refractivity contribution >= 4 is 40.5 Å². The highest BCUT2D eigenvalue weighted by atomic mass is 35.5. The molecule has 2 aliphatic heterocycles. The maximum Gasteiger partial charge on any atom is 0.224 e. The van der Waals surface area contributed by atoms with Crippen molar-refractivity contribution in [3.8, 4) is 5.75 Å². The molecule has 2 aliphatic rings. The van der Waals surface area contributed by atoms with Crippen LogP contribution in [0.1, 0.15) is 24.0 Å². The van der Waals surface area contributed by atoms with E-state index in [1.165, 1.54) is 5.56 Å². The van der Waals surface area contributed by atoms with Gasteiger partial charge in [0.2, 0.25) is 5.91 Å². The summed E-state index contributed by atoms with van der Waals surface area (Å²) in [6.07, 6.45) is 2.34. The van der Waals surface area contributed by atoms with Crippen LogP contribution in [-0.2, 0) is 22.6 Å². The number of anilines is 2. The van der Waals surface area contributed by atoms with E-state index in [9.17, 15) is 9.90 Å². The van der Waals surface area contributed by atoms with E-state index in [0.29, 0.717) is 24.7 Å². The van der Waals surface area contributed by atoms with Crippen molar-refractivity contribution in [2.24, 2.45) is 0 Å². The molecule has 0 aromatic heterocycles. The molecule has 0 bridgehead atoms. The quantitative estimate of drug-likeness (QED) is 0.598. The zero-order valence-electron chi connectivity index (χ0n) is 17.4. The third kappa shape index (κ3) is 5.44. The topological polar surface area (TPSA) is 65.0 Å². The van der Waals surface area contributed by atoms with E-state index in [0.717, 1.165) is 62.5 Å². The maximum absolute atomic E-state index is 11.6. The highest BCUT2D eigenvalue weighted by Crippen LogP contribution is 2.38. The van der Waals surface area contributed by atoms with Crippen molar-refractivity contribution in [3.05, 3.63) is 51.5 Å². The Morgan fingerprint density at radius 3 is 2.65 bits per heavy atom. The normalized spacial score (nSPS) is 16.8. The van der Waals surface area contributed by atoms with Crippen LogP contribution in [0.4, 0.5) is 11.4 Å². The largest absolute Gasteiger partial charge is 0.506 e. The van der Waals surface area contributed by atoms with Gasteiger partial charge in [0.15, 0.2) is 0 Å². The number of phenols is 1. The van der Waals surface area contributed by atoms with Crippen molar-refractivity contribution in [1.29, 1.82) is 0 Å². The van der Waals surface area contributed by atoms with Crippen LogP contribution < -0.4 is 10.2 Å². The number of hydrogen-bond acceptors (Lipinski definition) is 5. The summed E-state index contributed by atoms with van der Waals surface area (Å²) in [5.41, 5.74) is 4.07. The molecule has 0 spiro atoms. The predicted molar refractivity (Wildman–Crippen MR) is 124 cm³/mol. The molecule has 4 rings (SSSR count). The molecule has 2 aromatic rings. The fraction of sp³-hybridized carbons (Fsp3) is 0.435. The number of benzene rings is 2. The van der Waals surface area contributed by atoms with Crippen LogP contribution in [0.3, 0.4) is 0 Å². The number of nitrogens with zero attached hydrogens (tertiary/aromatic N) is 2. The number of hydrogen-bond donors (Lipinski definition) is 2. The summed E-state index contributed by atoms with van der Waals surface area (Å²) in [7, 11) is 0. The van der Waals surface area contributed by atoms with Gasteiger partial charge in [0.1, 0.15) is 10.8 Å². The lowest BCUT2D eigenvalue weighted by atomic mass is 10.0. The number of piperazine rings is 1. The van der Waals surface area contributed by atoms with Gasteiger partial charge >= 0.3 is 0 Å². The standard InChI is InChI=1S/C23H27Cl2N3O3/c24-22-19(5-6-20(29)23(22)25)28-11-9-27(10-12-28)8-1-13-31-15-16-2-3-17-4-7-21(30)26-18(17)14-16/h2-3,5-6,14,29H,1,4,7-13,15H2,(H,26,30). The highest BCUT2D eigenvalue weighted by Gasteiger charge is 2.20. The second kappa shape index (κ2) is 10.1. The fourth-order valence-electron chi connectivity index (χ4n) is 4.07. The van der Waals surface area contributed by atoms with Gasteiger partial charge in [0.05, 0.1) is 17.3 Å². The first-order valence-corrected chi connectivity index (χ1v) is 11.4. The molecular formula is C23H27Cl2N3O3. The minimum Gasteiger partial charge on any atom is -0.506 e. The molecule has 0 saturated carbocycles. The zero-order valence-corrected chi connectivity index (χ0v) is 18.9. The number of aryl methyl sites for hydroxylation is 1. The third-order valence-electron chi connectivity index (χ3n) is 5.86. The summed E-state index contributed by atoms with van der Waals surface area (Å²) in [4.78, 5) is 16.2. The number of ether oxygens (including phenoxy) is 1. The first-order valence-electron chi connectivity index (χ1n) is 10.6. The lowest BCUT2D eigenvalue weighted by Gasteiger charge is -2.36. The number of aromatic hydroxyl groups is 1. The molecule has 8 heteroatoms. The van der Waals surface area contributed by atoms with Gasteiger partial charge in [-0.25, -0.2) is 0 Å². The number of rotatable bonds is 7. The van der Waals surface area contributed by atoms with Crippen molar-refractivity contribution in [2.75, 3.05) is 49.5 Å². The number of nitrogens with one attached hydrogen (secondary N) is 1. The van der Waals surface area contributed by atoms with E-state index in [1.54, 1.807) is 6.07 Å². The molecule has 2 aromatic carbocycles. The Morgan fingerprint density at radius 1 is 1.03 bits per heavy atom. The van der Waals surface area contributed by atoms with Crippen LogP contribution in [0.25, 0.3) is 0 Å². The molecule has 0 atom stereocenters. The molecule has 0 aliphatic carbocycles. The molecular weight excluding hydrogens is 437 g/mol. The minimum atomic E-state index is 0.00851. The number of carbonyl (C=O) groups is 1. The Balaban J connectivity index is 1.16. The zero-order chi connectivity index (χ0) is 21.8. The maximum atomic E-state index is 11.6. The molecule has 1 fully saturated rings. The van der Waals surface area contributed by atoms with E-state index in [1.807, 2.05) is 12.1 Å². The van der Waals surface area contributed by atoms with Crippen molar-refractivity contribution in [2.45, 2.75) is 25.9 Å². The van der Waals surface area contributed by atoms with E-state index in [4.69, 9.17) is 27.9 Å². The van der Waals surface area contributed by atoms with Gasteiger partial charge in [-0.05, 0) is 42.2 Å². The number of halogens is 2. The second-order valence-electron chi connectivity index (χ2n) is 8.01. The van der Waals surface area contributed by atoms with Gasteiger partial charge in [-0.2, -0.15) is 0 Å². The SMILES string of the molecule is O=C1CCc2ccc(COCCCN3CCN(c4ccc(O)c(Cl)c4Cl)CC3)cc2N1. The molecule has 166 valence electrons. The van der Waals surface area contributed by atoms with Gasteiger partial charge in [-0.3, -0.25) is 9.69 Å². The predicted octanol–water partition coefficient (Wildman–Crippen LogP) is 4.31. The Bertz CT molecular complexity index is 946. The lowest BCUT2D eigenvalue weighted by Crippen LogP contribution is -2.46. The van der Waals surface area contributed by atoms with E-state index in [2.05, 4.69) is 27.2 Å². The molecule has 0 radical (unpaired) electrons. The second-order valence-corrected chi connectivity index (χ2v) is 8.76. The van der Waals surface area contributed by atoms with Crippen LogP contribution in [0.15, 0.2) is 30.3 Å². The molecule has 31 heavy (non-hydrogen) atoms. The van der Waals surface area contributed by atoms with Crippen LogP contribution in [0, 0.1) is 0 Å². The third-order valence-corrected chi connectivity index (χ3v) is 6.72. The summed E-state index contributed by atoms with van der Waals surface area (Å²) >= 11 is 12.4. The molecule has 2 heterocycles. The van der Waals surface area contributed by atoms with Gasteiger partial charge in [0, 0.05) is 51.4 Å². The van der Waals surface area contributed by atoms with Crippen molar-refractivity contribution < 1.29 is 14.6 Å². The lowest BCUT2D eigenvalue weighted by molar-refractivity contribution is -0.116. The Kier molecular flexibility index (Phi) is 7.23. The summed E-state index contributed by atoms with van der Waals surface area (Å²) < 4.78 is 5.85. The van der Waals surface area contributed by atoms with E-state index in [-0.39, 0.29) is 16.7 Å². The number of amides is 1. The Hall–Kier alpha value is -1.99. The van der Waals surface area contributed by atoms with Crippen LogP contribution in [0.2, 0.25) is 10.0 Å². The smallest absolute Gasteiger partial charge is 0.224 e. The molecule has 1 amide bonds. The van der Waals surface area contributed by atoms with Gasteiger partial charge in [-0.1, -0.05) is 35.3 Å². The van der Waals surface area contributed by atoms with Crippen molar-refractivity contribution in [1.82, 2.24) is 4.90 Å². The summed E-state index contributed by atoms with van der Waals surface area (Å²) in [6, 6.07) is 9.59. The minimum absolute atomic E-state index is 0.00851. The molecule has 6 nitrogen and oxygen atoms in total. The first-order chi connectivity index (χ1) is 15.0. The molecule has 1 saturated heterocycles. The Labute approximate surface area is 192 Å². The monoisotopic (exact) mass is 463 g/mol. The average Bonchev–Trinajstić information content (AvgIpc) is 2.78. The summed E-state index contributed by atoms with van der Waals surface area (Å²) in [5, 5.41) is 13.2. The van der Waals surface area contributed by atoms with Gasteiger partial charge in [0.25, 0.3) is 0 Å². The first kappa shape index (κ1) is 22.2. The highest BCUT2D eigenvalue weighted by molar-refractivity contribution is 6.44. The van der Waals surface area contributed by atoms with Crippen LogP contribution in [0.5, 0.6) is 5.75 Å². The number of fused-ring (bicyclic) bond motifs is 1. The fourth-order valence-corrected chi connectivity index (χ4v) is 4.51. The number of phenolic OH excluding ortho intramolecular Hbond substituents is 1. The number of carbonyl (C=O) groups excluding carboxylic acids is 1. The van der Waals surface area contributed by atoms with E-state index < -0.39 is 0 Å². The molecule has 2 N–H and O–H groups in total. The van der Waals surface area contributed by atoms with Crippen LogP contribution >= 0.6 is 23.2 Å². The Morgan fingerprint density at radius 2 is 1.84 bits per heavy atom. The van der Waals surface area contributed by atoms with Gasteiger partial charge in [-0.15, -0.1) is 0 Å². The molecule has 0 unspecified atom stereocenters. The van der Waals surface area contributed by atoms with E-state index >= 15 is 0 Å².